The minimum absolute atomic E-state index is 0.0157. The van der Waals surface area contributed by atoms with Gasteiger partial charge in [-0.05, 0) is 36.1 Å². The van der Waals surface area contributed by atoms with Gasteiger partial charge >= 0.3 is 5.97 Å². The third-order valence-electron chi connectivity index (χ3n) is 4.32. The average molecular weight is 356 g/mol. The van der Waals surface area contributed by atoms with Crippen LogP contribution >= 0.6 is 0 Å². The van der Waals surface area contributed by atoms with Crippen molar-refractivity contribution in [1.29, 1.82) is 0 Å². The van der Waals surface area contributed by atoms with Crippen molar-refractivity contribution in [3.05, 3.63) is 24.3 Å². The lowest BCUT2D eigenvalue weighted by molar-refractivity contribution is -0.142. The van der Waals surface area contributed by atoms with E-state index in [1.54, 1.807) is 0 Å². The Labute approximate surface area is 142 Å². The molecule has 1 atom stereocenters. The third kappa shape index (κ3) is 4.06. The minimum atomic E-state index is -3.58. The second kappa shape index (κ2) is 7.08. The van der Waals surface area contributed by atoms with Crippen LogP contribution in [0.4, 0.5) is 0 Å². The predicted molar refractivity (Wildman–Crippen MR) is 89.1 cm³/mol. The van der Waals surface area contributed by atoms with E-state index in [1.165, 1.54) is 35.7 Å². The van der Waals surface area contributed by atoms with Crippen LogP contribution in [-0.2, 0) is 19.6 Å². The second-order valence-electron chi connectivity index (χ2n) is 6.56. The van der Waals surface area contributed by atoms with Crippen molar-refractivity contribution in [3.8, 4) is 5.75 Å². The zero-order chi connectivity index (χ0) is 18.0. The molecule has 7 nitrogen and oxygen atoms in total. The van der Waals surface area contributed by atoms with E-state index < -0.39 is 16.0 Å². The highest BCUT2D eigenvalue weighted by Gasteiger charge is 2.38. The number of hydrogen-bond donors (Lipinski definition) is 1. The quantitative estimate of drug-likeness (QED) is 0.790. The zero-order valence-electron chi connectivity index (χ0n) is 14.2. The first kappa shape index (κ1) is 18.7. The molecule has 1 heterocycles. The molecule has 1 aromatic rings. The normalized spacial score (nSPS) is 21.2. The van der Waals surface area contributed by atoms with Gasteiger partial charge < -0.3 is 15.2 Å². The molecule has 0 aliphatic carbocycles. The Balaban J connectivity index is 2.11. The predicted octanol–water partition coefficient (Wildman–Crippen LogP) is 0.986. The Bertz CT molecular complexity index is 685. The van der Waals surface area contributed by atoms with Crippen LogP contribution in [0.15, 0.2) is 29.2 Å². The molecule has 8 heteroatoms. The number of rotatable bonds is 5. The Hall–Kier alpha value is -1.64. The summed E-state index contributed by atoms with van der Waals surface area (Å²) in [7, 11) is -2.31. The first-order valence-electron chi connectivity index (χ1n) is 7.72. The molecule has 1 unspecified atom stereocenters. The molecule has 1 fully saturated rings. The maximum absolute atomic E-state index is 12.8. The largest absolute Gasteiger partial charge is 0.482 e. The van der Waals surface area contributed by atoms with Crippen molar-refractivity contribution in [3.63, 3.8) is 0 Å². The van der Waals surface area contributed by atoms with Crippen LogP contribution in [0.5, 0.6) is 5.75 Å². The number of nitrogens with zero attached hydrogens (tertiary/aromatic N) is 1. The summed E-state index contributed by atoms with van der Waals surface area (Å²) in [6.07, 6.45) is 0.632. The molecule has 0 bridgehead atoms. The first-order chi connectivity index (χ1) is 11.2. The molecule has 2 rings (SSSR count). The standard InChI is InChI=1S/C16H24N2O5S/c1-16(2)11-18(9-8-14(16)17)24(20,21)13-6-4-12(5-7-13)23-10-15(19)22-3/h4-7,14H,8-11,17H2,1-3H3. The summed E-state index contributed by atoms with van der Waals surface area (Å²) in [4.78, 5) is 11.2. The Morgan fingerprint density at radius 1 is 1.33 bits per heavy atom. The maximum atomic E-state index is 12.8. The fourth-order valence-electron chi connectivity index (χ4n) is 2.59. The zero-order valence-corrected chi connectivity index (χ0v) is 15.0. The fraction of sp³-hybridized carbons (Fsp3) is 0.562. The van der Waals surface area contributed by atoms with Gasteiger partial charge in [-0.15, -0.1) is 0 Å². The van der Waals surface area contributed by atoms with Crippen molar-refractivity contribution >= 4 is 16.0 Å². The van der Waals surface area contributed by atoms with E-state index in [0.29, 0.717) is 25.3 Å². The molecule has 1 aliphatic heterocycles. The van der Waals surface area contributed by atoms with E-state index in [-0.39, 0.29) is 23.0 Å². The van der Waals surface area contributed by atoms with E-state index in [9.17, 15) is 13.2 Å². The molecule has 0 radical (unpaired) electrons. The van der Waals surface area contributed by atoms with Crippen molar-refractivity contribution < 1.29 is 22.7 Å². The van der Waals surface area contributed by atoms with E-state index >= 15 is 0 Å². The molecule has 0 spiro atoms. The van der Waals surface area contributed by atoms with Gasteiger partial charge in [0.1, 0.15) is 5.75 Å². The van der Waals surface area contributed by atoms with E-state index in [0.717, 1.165) is 0 Å². The number of carbonyl (C=O) groups is 1. The number of nitrogens with two attached hydrogens (primary N) is 1. The van der Waals surface area contributed by atoms with Gasteiger partial charge in [0, 0.05) is 19.1 Å². The number of piperidine rings is 1. The topological polar surface area (TPSA) is 98.9 Å². The van der Waals surface area contributed by atoms with Gasteiger partial charge in [-0.1, -0.05) is 13.8 Å². The molecule has 1 saturated heterocycles. The van der Waals surface area contributed by atoms with Crippen LogP contribution in [0.3, 0.4) is 0 Å². The lowest BCUT2D eigenvalue weighted by Crippen LogP contribution is -2.53. The number of ether oxygens (including phenoxy) is 2. The lowest BCUT2D eigenvalue weighted by Gasteiger charge is -2.41. The summed E-state index contributed by atoms with van der Waals surface area (Å²) < 4.78 is 36.7. The molecule has 1 aliphatic rings. The average Bonchev–Trinajstić information content (AvgIpc) is 2.55. The number of benzene rings is 1. The van der Waals surface area contributed by atoms with Crippen LogP contribution in [0.25, 0.3) is 0 Å². The van der Waals surface area contributed by atoms with Gasteiger partial charge in [-0.2, -0.15) is 4.31 Å². The van der Waals surface area contributed by atoms with Gasteiger partial charge in [0.05, 0.1) is 12.0 Å². The molecule has 134 valence electrons. The summed E-state index contributed by atoms with van der Waals surface area (Å²) >= 11 is 0. The first-order valence-corrected chi connectivity index (χ1v) is 9.16. The van der Waals surface area contributed by atoms with Crippen LogP contribution < -0.4 is 10.5 Å². The summed E-state index contributed by atoms with van der Waals surface area (Å²) in [6, 6.07) is 5.98. The van der Waals surface area contributed by atoms with Crippen molar-refractivity contribution in [2.24, 2.45) is 11.1 Å². The number of sulfonamides is 1. The van der Waals surface area contributed by atoms with Gasteiger partial charge in [-0.3, -0.25) is 0 Å². The van der Waals surface area contributed by atoms with Gasteiger partial charge in [0.2, 0.25) is 10.0 Å². The third-order valence-corrected chi connectivity index (χ3v) is 6.18. The van der Waals surface area contributed by atoms with Crippen molar-refractivity contribution in [2.45, 2.75) is 31.2 Å². The molecule has 0 aromatic heterocycles. The molecule has 1 aromatic carbocycles. The van der Waals surface area contributed by atoms with E-state index in [2.05, 4.69) is 4.74 Å². The minimum Gasteiger partial charge on any atom is -0.482 e. The van der Waals surface area contributed by atoms with Gasteiger partial charge in [0.25, 0.3) is 0 Å². The summed E-state index contributed by atoms with van der Waals surface area (Å²) in [6.45, 7) is 4.53. The molecule has 0 saturated carbocycles. The summed E-state index contributed by atoms with van der Waals surface area (Å²) in [5, 5.41) is 0. The van der Waals surface area contributed by atoms with E-state index in [4.69, 9.17) is 10.5 Å². The van der Waals surface area contributed by atoms with Crippen molar-refractivity contribution in [2.75, 3.05) is 26.8 Å². The highest BCUT2D eigenvalue weighted by Crippen LogP contribution is 2.31. The monoisotopic (exact) mass is 356 g/mol. The smallest absolute Gasteiger partial charge is 0.343 e. The van der Waals surface area contributed by atoms with Crippen LogP contribution in [0.1, 0.15) is 20.3 Å². The van der Waals surface area contributed by atoms with E-state index in [1.807, 2.05) is 13.8 Å². The Morgan fingerprint density at radius 3 is 2.50 bits per heavy atom. The Kier molecular flexibility index (Phi) is 5.52. The number of esters is 1. The summed E-state index contributed by atoms with van der Waals surface area (Å²) in [5.41, 5.74) is 5.80. The number of carbonyl (C=O) groups excluding carboxylic acids is 1. The Morgan fingerprint density at radius 2 is 1.96 bits per heavy atom. The molecule has 24 heavy (non-hydrogen) atoms. The highest BCUT2D eigenvalue weighted by molar-refractivity contribution is 7.89. The maximum Gasteiger partial charge on any atom is 0.343 e. The van der Waals surface area contributed by atoms with Crippen LogP contribution in [0.2, 0.25) is 0 Å². The SMILES string of the molecule is COC(=O)COc1ccc(S(=O)(=O)N2CCC(N)C(C)(C)C2)cc1. The molecular formula is C16H24N2O5S. The van der Waals surface area contributed by atoms with Gasteiger partial charge in [-0.25, -0.2) is 13.2 Å². The second-order valence-corrected chi connectivity index (χ2v) is 8.50. The van der Waals surface area contributed by atoms with Gasteiger partial charge in [0.15, 0.2) is 6.61 Å². The molecule has 2 N–H and O–H groups in total. The number of methoxy groups -OCH3 is 1. The highest BCUT2D eigenvalue weighted by atomic mass is 32.2. The van der Waals surface area contributed by atoms with Crippen LogP contribution in [0, 0.1) is 5.41 Å². The molecular weight excluding hydrogens is 332 g/mol. The fourth-order valence-corrected chi connectivity index (χ4v) is 4.21. The van der Waals surface area contributed by atoms with Crippen LogP contribution in [-0.4, -0.2) is 51.5 Å². The summed E-state index contributed by atoms with van der Waals surface area (Å²) in [5.74, 6) is -0.0982. The lowest BCUT2D eigenvalue weighted by atomic mass is 9.81. The molecule has 0 amide bonds. The van der Waals surface area contributed by atoms with Crippen molar-refractivity contribution in [1.82, 2.24) is 4.31 Å². The number of hydrogen-bond acceptors (Lipinski definition) is 6.